The van der Waals surface area contributed by atoms with Gasteiger partial charge in [-0.2, -0.15) is 0 Å². The minimum Gasteiger partial charge on any atom is -0.487 e. The van der Waals surface area contributed by atoms with Crippen molar-refractivity contribution in [2.45, 2.75) is 0 Å². The second-order valence-electron chi connectivity index (χ2n) is 4.50. The first-order chi connectivity index (χ1) is 10.7. The smallest absolute Gasteiger partial charge is 0.243 e. The number of benzene rings is 2. The van der Waals surface area contributed by atoms with E-state index >= 15 is 0 Å². The topological polar surface area (TPSA) is 50.4 Å². The van der Waals surface area contributed by atoms with Gasteiger partial charge < -0.3 is 15.4 Å². The van der Waals surface area contributed by atoms with Gasteiger partial charge in [-0.25, -0.2) is 0 Å². The number of nitrogens with one attached hydrogen (secondary N) is 2. The SMILES string of the molecule is C=CCOc1ccccc1NC(=O)CNc1ccc(I)cc1. The van der Waals surface area contributed by atoms with Crippen molar-refractivity contribution < 1.29 is 9.53 Å². The highest BCUT2D eigenvalue weighted by Gasteiger charge is 2.07. The summed E-state index contributed by atoms with van der Waals surface area (Å²) in [4.78, 5) is 12.0. The predicted octanol–water partition coefficient (Wildman–Crippen LogP) is 3.91. The van der Waals surface area contributed by atoms with E-state index < -0.39 is 0 Å². The lowest BCUT2D eigenvalue weighted by Gasteiger charge is -2.12. The van der Waals surface area contributed by atoms with Crippen LogP contribution in [0.15, 0.2) is 61.2 Å². The maximum atomic E-state index is 12.0. The lowest BCUT2D eigenvalue weighted by Crippen LogP contribution is -2.22. The Morgan fingerprint density at radius 2 is 1.91 bits per heavy atom. The number of para-hydroxylation sites is 2. The van der Waals surface area contributed by atoms with Crippen LogP contribution < -0.4 is 15.4 Å². The van der Waals surface area contributed by atoms with E-state index in [0.717, 1.165) is 9.26 Å². The molecule has 2 rings (SSSR count). The fourth-order valence-corrected chi connectivity index (χ4v) is 2.15. The molecule has 22 heavy (non-hydrogen) atoms. The fraction of sp³-hybridized carbons (Fsp3) is 0.118. The van der Waals surface area contributed by atoms with E-state index in [9.17, 15) is 4.79 Å². The lowest BCUT2D eigenvalue weighted by molar-refractivity contribution is -0.114. The molecule has 0 spiro atoms. The summed E-state index contributed by atoms with van der Waals surface area (Å²) in [7, 11) is 0. The van der Waals surface area contributed by atoms with Crippen molar-refractivity contribution in [2.24, 2.45) is 0 Å². The molecule has 1 amide bonds. The van der Waals surface area contributed by atoms with E-state index in [1.165, 1.54) is 0 Å². The highest BCUT2D eigenvalue weighted by molar-refractivity contribution is 14.1. The van der Waals surface area contributed by atoms with Crippen LogP contribution in [0.3, 0.4) is 0 Å². The van der Waals surface area contributed by atoms with Gasteiger partial charge in [0, 0.05) is 9.26 Å². The molecule has 0 aromatic heterocycles. The number of hydrogen-bond donors (Lipinski definition) is 2. The maximum Gasteiger partial charge on any atom is 0.243 e. The quantitative estimate of drug-likeness (QED) is 0.540. The van der Waals surface area contributed by atoms with Crippen molar-refractivity contribution in [1.82, 2.24) is 0 Å². The Bertz CT molecular complexity index is 641. The van der Waals surface area contributed by atoms with Crippen LogP contribution in [0.2, 0.25) is 0 Å². The molecular weight excluding hydrogens is 391 g/mol. The van der Waals surface area contributed by atoms with Crippen molar-refractivity contribution in [3.05, 3.63) is 64.8 Å². The molecular formula is C17H17IN2O2. The standard InChI is InChI=1S/C17H17IN2O2/c1-2-11-22-16-6-4-3-5-15(16)20-17(21)12-19-14-9-7-13(18)8-10-14/h2-10,19H,1,11-12H2,(H,20,21). The summed E-state index contributed by atoms with van der Waals surface area (Å²) >= 11 is 2.24. The molecule has 2 aromatic rings. The first-order valence-corrected chi connectivity index (χ1v) is 7.89. The second kappa shape index (κ2) is 8.43. The van der Waals surface area contributed by atoms with Gasteiger partial charge >= 0.3 is 0 Å². The van der Waals surface area contributed by atoms with E-state index in [4.69, 9.17) is 4.74 Å². The summed E-state index contributed by atoms with van der Waals surface area (Å²) in [5.74, 6) is 0.498. The summed E-state index contributed by atoms with van der Waals surface area (Å²) in [5.41, 5.74) is 1.56. The van der Waals surface area contributed by atoms with Gasteiger partial charge in [-0.05, 0) is 59.0 Å². The van der Waals surface area contributed by atoms with E-state index in [0.29, 0.717) is 18.0 Å². The Kier molecular flexibility index (Phi) is 6.27. The zero-order valence-corrected chi connectivity index (χ0v) is 14.2. The molecule has 0 aliphatic rings. The molecule has 0 saturated heterocycles. The molecule has 0 atom stereocenters. The van der Waals surface area contributed by atoms with Crippen molar-refractivity contribution >= 4 is 39.9 Å². The first kappa shape index (κ1) is 16.4. The summed E-state index contributed by atoms with van der Waals surface area (Å²) in [6, 6.07) is 15.2. The molecule has 0 radical (unpaired) electrons. The van der Waals surface area contributed by atoms with E-state index in [1.54, 1.807) is 12.1 Å². The van der Waals surface area contributed by atoms with Gasteiger partial charge in [0.05, 0.1) is 12.2 Å². The molecule has 0 aliphatic carbocycles. The normalized spacial score (nSPS) is 9.86. The van der Waals surface area contributed by atoms with Gasteiger partial charge in [0.25, 0.3) is 0 Å². The Morgan fingerprint density at radius 1 is 1.18 bits per heavy atom. The lowest BCUT2D eigenvalue weighted by atomic mass is 10.3. The maximum absolute atomic E-state index is 12.0. The van der Waals surface area contributed by atoms with Crippen molar-refractivity contribution in [2.75, 3.05) is 23.8 Å². The zero-order valence-electron chi connectivity index (χ0n) is 12.0. The van der Waals surface area contributed by atoms with Crippen molar-refractivity contribution in [3.8, 4) is 5.75 Å². The number of carbonyl (C=O) groups is 1. The fourth-order valence-electron chi connectivity index (χ4n) is 1.79. The third-order valence-corrected chi connectivity index (χ3v) is 3.53. The summed E-state index contributed by atoms with van der Waals surface area (Å²) in [6.07, 6.45) is 1.66. The summed E-state index contributed by atoms with van der Waals surface area (Å²) in [5, 5.41) is 5.92. The van der Waals surface area contributed by atoms with Crippen molar-refractivity contribution in [3.63, 3.8) is 0 Å². The summed E-state index contributed by atoms with van der Waals surface area (Å²) < 4.78 is 6.66. The molecule has 0 unspecified atom stereocenters. The molecule has 0 heterocycles. The molecule has 114 valence electrons. The Balaban J connectivity index is 1.91. The van der Waals surface area contributed by atoms with E-state index in [2.05, 4.69) is 39.8 Å². The number of rotatable bonds is 7. The van der Waals surface area contributed by atoms with Gasteiger partial charge in [0.15, 0.2) is 0 Å². The number of halogens is 1. The van der Waals surface area contributed by atoms with E-state index in [-0.39, 0.29) is 12.5 Å². The molecule has 4 nitrogen and oxygen atoms in total. The Morgan fingerprint density at radius 3 is 2.64 bits per heavy atom. The molecule has 0 bridgehead atoms. The van der Waals surface area contributed by atoms with Crippen LogP contribution in [0.25, 0.3) is 0 Å². The van der Waals surface area contributed by atoms with Crippen LogP contribution in [0.1, 0.15) is 0 Å². The monoisotopic (exact) mass is 408 g/mol. The summed E-state index contributed by atoms with van der Waals surface area (Å²) in [6.45, 7) is 4.20. The molecule has 5 heteroatoms. The Labute approximate surface area is 143 Å². The van der Waals surface area contributed by atoms with Gasteiger partial charge in [0.2, 0.25) is 5.91 Å². The minimum absolute atomic E-state index is 0.131. The van der Waals surface area contributed by atoms with E-state index in [1.807, 2.05) is 42.5 Å². The molecule has 0 aliphatic heterocycles. The largest absolute Gasteiger partial charge is 0.487 e. The minimum atomic E-state index is -0.131. The zero-order chi connectivity index (χ0) is 15.8. The van der Waals surface area contributed by atoms with Crippen LogP contribution in [-0.4, -0.2) is 19.1 Å². The number of hydrogen-bond acceptors (Lipinski definition) is 3. The predicted molar refractivity (Wildman–Crippen MR) is 98.4 cm³/mol. The first-order valence-electron chi connectivity index (χ1n) is 6.81. The molecule has 0 saturated carbocycles. The third kappa shape index (κ3) is 5.07. The highest BCUT2D eigenvalue weighted by Crippen LogP contribution is 2.23. The second-order valence-corrected chi connectivity index (χ2v) is 5.75. The number of amides is 1. The van der Waals surface area contributed by atoms with Crippen molar-refractivity contribution in [1.29, 1.82) is 0 Å². The average molecular weight is 408 g/mol. The molecule has 0 fully saturated rings. The average Bonchev–Trinajstić information content (AvgIpc) is 2.53. The van der Waals surface area contributed by atoms with Gasteiger partial charge in [-0.3, -0.25) is 4.79 Å². The van der Waals surface area contributed by atoms with Crippen LogP contribution in [0.5, 0.6) is 5.75 Å². The number of anilines is 2. The van der Waals surface area contributed by atoms with Crippen LogP contribution >= 0.6 is 22.6 Å². The Hall–Kier alpha value is -2.02. The van der Waals surface area contributed by atoms with Gasteiger partial charge in [-0.15, -0.1) is 0 Å². The van der Waals surface area contributed by atoms with Crippen LogP contribution in [0.4, 0.5) is 11.4 Å². The van der Waals surface area contributed by atoms with Gasteiger partial charge in [-0.1, -0.05) is 24.8 Å². The number of carbonyl (C=O) groups excluding carboxylic acids is 1. The third-order valence-electron chi connectivity index (χ3n) is 2.82. The molecule has 2 N–H and O–H groups in total. The molecule has 2 aromatic carbocycles. The van der Waals surface area contributed by atoms with Gasteiger partial charge in [0.1, 0.15) is 12.4 Å². The number of ether oxygens (including phenoxy) is 1. The highest BCUT2D eigenvalue weighted by atomic mass is 127. The van der Waals surface area contributed by atoms with Crippen LogP contribution in [0, 0.1) is 3.57 Å². The van der Waals surface area contributed by atoms with Crippen LogP contribution in [-0.2, 0) is 4.79 Å².